The smallest absolute Gasteiger partial charge is 0.259 e. The Hall–Kier alpha value is -2.66. The van der Waals surface area contributed by atoms with E-state index in [0.717, 1.165) is 30.0 Å². The van der Waals surface area contributed by atoms with Gasteiger partial charge in [-0.3, -0.25) is 9.20 Å². The van der Waals surface area contributed by atoms with Gasteiger partial charge in [-0.25, -0.2) is 4.98 Å². The summed E-state index contributed by atoms with van der Waals surface area (Å²) in [5.41, 5.74) is 2.64. The van der Waals surface area contributed by atoms with Gasteiger partial charge in [-0.15, -0.1) is 0 Å². The van der Waals surface area contributed by atoms with Gasteiger partial charge in [0.15, 0.2) is 0 Å². The Labute approximate surface area is 133 Å². The summed E-state index contributed by atoms with van der Waals surface area (Å²) in [7, 11) is 0. The third-order valence-electron chi connectivity index (χ3n) is 4.10. The van der Waals surface area contributed by atoms with E-state index in [-0.39, 0.29) is 5.56 Å². The molecule has 0 radical (unpaired) electrons. The van der Waals surface area contributed by atoms with Gasteiger partial charge in [0, 0.05) is 30.9 Å². The lowest BCUT2D eigenvalue weighted by molar-refractivity contribution is 0.122. The predicted octanol–water partition coefficient (Wildman–Crippen LogP) is 2.20. The van der Waals surface area contributed by atoms with Gasteiger partial charge < -0.3 is 9.64 Å². The Kier molecular flexibility index (Phi) is 3.55. The normalized spacial score (nSPS) is 15.0. The maximum atomic E-state index is 12.5. The lowest BCUT2D eigenvalue weighted by atomic mass is 10.1. The van der Waals surface area contributed by atoms with Crippen LogP contribution < -0.4 is 10.5 Å². The molecule has 1 aliphatic rings. The summed E-state index contributed by atoms with van der Waals surface area (Å²) in [5.74, 6) is 0.724. The quantitative estimate of drug-likeness (QED) is 0.728. The molecule has 23 heavy (non-hydrogen) atoms. The highest BCUT2D eigenvalue weighted by Gasteiger charge is 2.15. The largest absolute Gasteiger partial charge is 0.378 e. The minimum atomic E-state index is -0.0609. The number of ether oxygens (including phenoxy) is 1. The first-order chi connectivity index (χ1) is 11.3. The minimum absolute atomic E-state index is 0.0609. The number of benzene rings is 1. The van der Waals surface area contributed by atoms with E-state index in [1.54, 1.807) is 16.7 Å². The number of hydrogen-bond acceptors (Lipinski definition) is 4. The second-order valence-electron chi connectivity index (χ2n) is 5.53. The van der Waals surface area contributed by atoms with Gasteiger partial charge >= 0.3 is 0 Å². The molecule has 0 bridgehead atoms. The van der Waals surface area contributed by atoms with Gasteiger partial charge in [0.25, 0.3) is 5.56 Å². The Morgan fingerprint density at radius 3 is 2.57 bits per heavy atom. The molecule has 0 unspecified atom stereocenters. The van der Waals surface area contributed by atoms with Gasteiger partial charge in [0.05, 0.1) is 13.2 Å². The SMILES string of the molecule is O=c1cc(N2CCOCC2)nc2c(-c3ccccc3)cccn12. The second kappa shape index (κ2) is 5.85. The van der Waals surface area contributed by atoms with Crippen LogP contribution in [-0.4, -0.2) is 35.7 Å². The van der Waals surface area contributed by atoms with E-state index in [1.807, 2.05) is 42.5 Å². The number of morpholine rings is 1. The van der Waals surface area contributed by atoms with Crippen molar-refractivity contribution in [3.05, 3.63) is 65.1 Å². The lowest BCUT2D eigenvalue weighted by Crippen LogP contribution is -2.37. The van der Waals surface area contributed by atoms with Crippen LogP contribution in [0.25, 0.3) is 16.8 Å². The van der Waals surface area contributed by atoms with Crippen LogP contribution in [-0.2, 0) is 4.74 Å². The van der Waals surface area contributed by atoms with Crippen molar-refractivity contribution in [2.24, 2.45) is 0 Å². The van der Waals surface area contributed by atoms with Crippen molar-refractivity contribution < 1.29 is 4.74 Å². The van der Waals surface area contributed by atoms with Gasteiger partial charge in [0.1, 0.15) is 11.5 Å². The molecule has 0 N–H and O–H groups in total. The number of hydrogen-bond donors (Lipinski definition) is 0. The van der Waals surface area contributed by atoms with E-state index in [0.29, 0.717) is 18.9 Å². The van der Waals surface area contributed by atoms with Crippen molar-refractivity contribution in [2.45, 2.75) is 0 Å². The van der Waals surface area contributed by atoms with Crippen molar-refractivity contribution >= 4 is 11.5 Å². The van der Waals surface area contributed by atoms with Crippen LogP contribution in [0.2, 0.25) is 0 Å². The monoisotopic (exact) mass is 307 g/mol. The molecule has 1 fully saturated rings. The summed E-state index contributed by atoms with van der Waals surface area (Å²) in [4.78, 5) is 19.4. The topological polar surface area (TPSA) is 46.8 Å². The van der Waals surface area contributed by atoms with Crippen LogP contribution in [0.15, 0.2) is 59.5 Å². The van der Waals surface area contributed by atoms with Crippen LogP contribution in [0.5, 0.6) is 0 Å². The Morgan fingerprint density at radius 1 is 1.00 bits per heavy atom. The maximum Gasteiger partial charge on any atom is 0.259 e. The fourth-order valence-corrected chi connectivity index (χ4v) is 2.91. The van der Waals surface area contributed by atoms with E-state index in [4.69, 9.17) is 9.72 Å². The Morgan fingerprint density at radius 2 is 1.78 bits per heavy atom. The van der Waals surface area contributed by atoms with E-state index < -0.39 is 0 Å². The third-order valence-corrected chi connectivity index (χ3v) is 4.10. The number of rotatable bonds is 2. The molecule has 0 amide bonds. The standard InChI is InChI=1S/C18H17N3O2/c22-17-13-16(20-9-11-23-12-10-20)19-18-15(7-4-8-21(17)18)14-5-2-1-3-6-14/h1-8,13H,9-12H2. The second-order valence-corrected chi connectivity index (χ2v) is 5.53. The molecule has 1 aliphatic heterocycles. The summed E-state index contributed by atoms with van der Waals surface area (Å²) >= 11 is 0. The summed E-state index contributed by atoms with van der Waals surface area (Å²) in [6.45, 7) is 2.86. The Balaban J connectivity index is 1.91. The summed E-state index contributed by atoms with van der Waals surface area (Å²) in [6.07, 6.45) is 1.76. The number of anilines is 1. The molecule has 0 aliphatic carbocycles. The van der Waals surface area contributed by atoms with E-state index >= 15 is 0 Å². The molecule has 0 atom stereocenters. The van der Waals surface area contributed by atoms with Crippen molar-refractivity contribution in [2.75, 3.05) is 31.2 Å². The zero-order valence-electron chi connectivity index (χ0n) is 12.7. The zero-order chi connectivity index (χ0) is 15.6. The first-order valence-corrected chi connectivity index (χ1v) is 7.73. The highest BCUT2D eigenvalue weighted by atomic mass is 16.5. The molecular weight excluding hydrogens is 290 g/mol. The molecule has 0 spiro atoms. The molecule has 4 rings (SSSR count). The van der Waals surface area contributed by atoms with Crippen LogP contribution in [0.3, 0.4) is 0 Å². The average Bonchev–Trinajstić information content (AvgIpc) is 2.63. The molecule has 2 aromatic heterocycles. The maximum absolute atomic E-state index is 12.5. The molecule has 5 nitrogen and oxygen atoms in total. The number of nitrogens with zero attached hydrogens (tertiary/aromatic N) is 3. The summed E-state index contributed by atoms with van der Waals surface area (Å²) in [5, 5.41) is 0. The number of fused-ring (bicyclic) bond motifs is 1. The zero-order valence-corrected chi connectivity index (χ0v) is 12.7. The molecule has 5 heteroatoms. The fourth-order valence-electron chi connectivity index (χ4n) is 2.91. The fraction of sp³-hybridized carbons (Fsp3) is 0.222. The molecule has 116 valence electrons. The van der Waals surface area contributed by atoms with E-state index in [2.05, 4.69) is 4.90 Å². The van der Waals surface area contributed by atoms with E-state index in [9.17, 15) is 4.79 Å². The molecule has 0 saturated carbocycles. The molecule has 3 heterocycles. The van der Waals surface area contributed by atoms with Crippen LogP contribution >= 0.6 is 0 Å². The van der Waals surface area contributed by atoms with Crippen LogP contribution in [0.1, 0.15) is 0 Å². The van der Waals surface area contributed by atoms with Crippen molar-refractivity contribution in [3.8, 4) is 11.1 Å². The first-order valence-electron chi connectivity index (χ1n) is 7.73. The first kappa shape index (κ1) is 14.0. The third kappa shape index (κ3) is 2.59. The highest BCUT2D eigenvalue weighted by Crippen LogP contribution is 2.23. The summed E-state index contributed by atoms with van der Waals surface area (Å²) in [6, 6.07) is 15.5. The van der Waals surface area contributed by atoms with Gasteiger partial charge in [-0.05, 0) is 17.7 Å². The molecular formula is C18H17N3O2. The lowest BCUT2D eigenvalue weighted by Gasteiger charge is -2.27. The van der Waals surface area contributed by atoms with Crippen LogP contribution in [0, 0.1) is 0 Å². The van der Waals surface area contributed by atoms with Gasteiger partial charge in [0.2, 0.25) is 0 Å². The molecule has 3 aromatic rings. The number of pyridine rings is 1. The van der Waals surface area contributed by atoms with Crippen LogP contribution in [0.4, 0.5) is 5.82 Å². The molecule has 1 saturated heterocycles. The summed E-state index contributed by atoms with van der Waals surface area (Å²) < 4.78 is 6.98. The minimum Gasteiger partial charge on any atom is -0.378 e. The molecule has 1 aromatic carbocycles. The number of aromatic nitrogens is 2. The Bertz CT molecular complexity index is 884. The van der Waals surface area contributed by atoms with Gasteiger partial charge in [-0.1, -0.05) is 30.3 Å². The van der Waals surface area contributed by atoms with Crippen molar-refractivity contribution in [1.82, 2.24) is 9.38 Å². The highest BCUT2D eigenvalue weighted by molar-refractivity contribution is 5.78. The van der Waals surface area contributed by atoms with Crippen molar-refractivity contribution in [1.29, 1.82) is 0 Å². The average molecular weight is 307 g/mol. The van der Waals surface area contributed by atoms with Crippen molar-refractivity contribution in [3.63, 3.8) is 0 Å². The predicted molar refractivity (Wildman–Crippen MR) is 89.9 cm³/mol. The van der Waals surface area contributed by atoms with E-state index in [1.165, 1.54) is 0 Å². The van der Waals surface area contributed by atoms with Gasteiger partial charge in [-0.2, -0.15) is 0 Å².